The third kappa shape index (κ3) is 3.71. The second-order valence-electron chi connectivity index (χ2n) is 8.72. The molecule has 3 aliphatic rings. The molecular formula is C23H26ClN5O3. The molecule has 0 spiro atoms. The number of nitrogens with zero attached hydrogens (tertiary/aromatic N) is 4. The number of piperazine rings is 1. The summed E-state index contributed by atoms with van der Waals surface area (Å²) >= 11 is 6.59. The lowest BCUT2D eigenvalue weighted by Gasteiger charge is -2.34. The number of pyridine rings is 1. The van der Waals surface area contributed by atoms with Gasteiger partial charge in [-0.1, -0.05) is 23.7 Å². The topological polar surface area (TPSA) is 75.7 Å². The third-order valence-corrected chi connectivity index (χ3v) is 6.89. The van der Waals surface area contributed by atoms with Gasteiger partial charge in [0.25, 0.3) is 6.01 Å². The lowest BCUT2D eigenvalue weighted by molar-refractivity contribution is 0.0273. The summed E-state index contributed by atoms with van der Waals surface area (Å²) in [7, 11) is 2.16. The molecule has 0 radical (unpaired) electrons. The molecule has 168 valence electrons. The van der Waals surface area contributed by atoms with Crippen molar-refractivity contribution in [3.05, 3.63) is 35.4 Å². The third-order valence-electron chi connectivity index (χ3n) is 6.60. The lowest BCUT2D eigenvalue weighted by atomic mass is 10.1. The number of halogens is 1. The summed E-state index contributed by atoms with van der Waals surface area (Å²) in [6.07, 6.45) is 0.838. The van der Waals surface area contributed by atoms with Crippen LogP contribution >= 0.6 is 11.6 Å². The van der Waals surface area contributed by atoms with Crippen LogP contribution in [0.25, 0.3) is 22.4 Å². The number of aromatic amines is 1. The van der Waals surface area contributed by atoms with Crippen LogP contribution in [0.4, 0.5) is 5.69 Å². The van der Waals surface area contributed by atoms with Crippen LogP contribution in [0.2, 0.25) is 5.02 Å². The Morgan fingerprint density at radius 3 is 2.72 bits per heavy atom. The molecule has 1 aromatic carbocycles. The van der Waals surface area contributed by atoms with Gasteiger partial charge < -0.3 is 29.0 Å². The molecule has 0 saturated carbocycles. The molecule has 1 N–H and O–H groups in total. The van der Waals surface area contributed by atoms with Crippen LogP contribution in [-0.2, 0) is 9.47 Å². The summed E-state index contributed by atoms with van der Waals surface area (Å²) in [5.74, 6) is 0. The number of likely N-dealkylation sites (N-methyl/N-ethyl adjacent to an activating group) is 1. The van der Waals surface area contributed by atoms with Gasteiger partial charge in [-0.25, -0.2) is 4.98 Å². The number of aromatic nitrogens is 3. The molecular weight excluding hydrogens is 430 g/mol. The van der Waals surface area contributed by atoms with E-state index in [0.717, 1.165) is 43.7 Å². The predicted molar refractivity (Wildman–Crippen MR) is 123 cm³/mol. The Labute approximate surface area is 191 Å². The van der Waals surface area contributed by atoms with Gasteiger partial charge in [-0.2, -0.15) is 4.98 Å². The summed E-state index contributed by atoms with van der Waals surface area (Å²) in [6.45, 7) is 5.45. The summed E-state index contributed by atoms with van der Waals surface area (Å²) in [5, 5.41) is 0.573. The largest absolute Gasteiger partial charge is 0.456 e. The van der Waals surface area contributed by atoms with Gasteiger partial charge in [0, 0.05) is 44.0 Å². The van der Waals surface area contributed by atoms with Gasteiger partial charge in [-0.3, -0.25) is 0 Å². The molecule has 9 heteroatoms. The molecule has 3 aliphatic heterocycles. The van der Waals surface area contributed by atoms with E-state index in [-0.39, 0.29) is 18.3 Å². The van der Waals surface area contributed by atoms with Crippen LogP contribution in [-0.4, -0.2) is 84.6 Å². The van der Waals surface area contributed by atoms with Gasteiger partial charge in [-0.05, 0) is 31.7 Å². The number of anilines is 1. The second-order valence-corrected chi connectivity index (χ2v) is 9.13. The highest BCUT2D eigenvalue weighted by atomic mass is 35.5. The van der Waals surface area contributed by atoms with Gasteiger partial charge >= 0.3 is 0 Å². The molecule has 0 aliphatic carbocycles. The molecule has 3 unspecified atom stereocenters. The van der Waals surface area contributed by atoms with Crippen molar-refractivity contribution in [3.8, 4) is 17.3 Å². The summed E-state index contributed by atoms with van der Waals surface area (Å²) in [5.41, 5.74) is 4.22. The van der Waals surface area contributed by atoms with Crippen LogP contribution in [0.5, 0.6) is 6.01 Å². The first kappa shape index (κ1) is 20.2. The standard InChI is InChI=1S/C23H26ClN5O3/c1-28-7-9-29(10-8-28)15-4-2-14(3-5-15)20-16(24)12-17-22(26-20)27-23(25-17)32-19-13-31-18-6-11-30-21(18)19/h2-5,12,18-19,21H,6-11,13H2,1H3,(H,25,26,27). The average molecular weight is 456 g/mol. The van der Waals surface area contributed by atoms with E-state index in [4.69, 9.17) is 30.8 Å². The predicted octanol–water partition coefficient (Wildman–Crippen LogP) is 2.97. The molecule has 3 fully saturated rings. The quantitative estimate of drug-likeness (QED) is 0.648. The van der Waals surface area contributed by atoms with E-state index in [1.54, 1.807) is 0 Å². The van der Waals surface area contributed by atoms with Crippen molar-refractivity contribution in [1.29, 1.82) is 0 Å². The fraction of sp³-hybridized carbons (Fsp3) is 0.478. The molecule has 8 nitrogen and oxygen atoms in total. The maximum Gasteiger partial charge on any atom is 0.296 e. The molecule has 2 aromatic heterocycles. The van der Waals surface area contributed by atoms with Crippen LogP contribution in [0, 0.1) is 0 Å². The molecule has 3 aromatic rings. The molecule has 3 saturated heterocycles. The van der Waals surface area contributed by atoms with Crippen molar-refractivity contribution < 1.29 is 14.2 Å². The normalized spacial score (nSPS) is 26.1. The van der Waals surface area contributed by atoms with Crippen molar-refractivity contribution in [2.75, 3.05) is 51.3 Å². The number of nitrogens with one attached hydrogen (secondary N) is 1. The summed E-state index contributed by atoms with van der Waals surface area (Å²) in [4.78, 5) is 17.2. The van der Waals surface area contributed by atoms with Crippen molar-refractivity contribution in [1.82, 2.24) is 19.9 Å². The lowest BCUT2D eigenvalue weighted by Crippen LogP contribution is -2.44. The minimum atomic E-state index is -0.167. The minimum Gasteiger partial charge on any atom is -0.456 e. The van der Waals surface area contributed by atoms with Crippen LogP contribution in [0.15, 0.2) is 30.3 Å². The smallest absolute Gasteiger partial charge is 0.296 e. The monoisotopic (exact) mass is 455 g/mol. The van der Waals surface area contributed by atoms with E-state index in [9.17, 15) is 0 Å². The molecule has 5 heterocycles. The van der Waals surface area contributed by atoms with Crippen molar-refractivity contribution >= 4 is 28.5 Å². The number of hydrogen-bond acceptors (Lipinski definition) is 7. The average Bonchev–Trinajstić information content (AvgIpc) is 3.51. The second kappa shape index (κ2) is 8.19. The molecule has 0 amide bonds. The SMILES string of the molecule is CN1CCN(c2ccc(-c3nc4nc(OC5COC6CCOC65)[nH]c4cc3Cl)cc2)CC1. The first-order valence-corrected chi connectivity index (χ1v) is 11.5. The molecule has 32 heavy (non-hydrogen) atoms. The number of imidazole rings is 1. The van der Waals surface area contributed by atoms with E-state index in [1.165, 1.54) is 5.69 Å². The first-order valence-electron chi connectivity index (χ1n) is 11.1. The maximum absolute atomic E-state index is 6.59. The zero-order chi connectivity index (χ0) is 21.7. The number of fused-ring (bicyclic) bond motifs is 2. The van der Waals surface area contributed by atoms with Crippen LogP contribution in [0.1, 0.15) is 6.42 Å². The summed E-state index contributed by atoms with van der Waals surface area (Å²) in [6, 6.07) is 10.7. The number of hydrogen-bond donors (Lipinski definition) is 1. The summed E-state index contributed by atoms with van der Waals surface area (Å²) < 4.78 is 17.6. The van der Waals surface area contributed by atoms with Crippen LogP contribution < -0.4 is 9.64 Å². The van der Waals surface area contributed by atoms with Gasteiger partial charge in [0.05, 0.1) is 28.9 Å². The number of benzene rings is 1. The highest BCUT2D eigenvalue weighted by molar-refractivity contribution is 6.33. The van der Waals surface area contributed by atoms with Crippen molar-refractivity contribution in [2.45, 2.75) is 24.7 Å². The Balaban J connectivity index is 1.22. The van der Waals surface area contributed by atoms with Crippen molar-refractivity contribution in [2.24, 2.45) is 0 Å². The van der Waals surface area contributed by atoms with E-state index in [0.29, 0.717) is 35.6 Å². The fourth-order valence-corrected chi connectivity index (χ4v) is 4.98. The molecule has 3 atom stereocenters. The zero-order valence-electron chi connectivity index (χ0n) is 18.0. The van der Waals surface area contributed by atoms with Gasteiger partial charge in [0.1, 0.15) is 6.10 Å². The number of ether oxygens (including phenoxy) is 3. The highest BCUT2D eigenvalue weighted by Crippen LogP contribution is 2.32. The first-order chi connectivity index (χ1) is 15.6. The van der Waals surface area contributed by atoms with E-state index in [1.807, 2.05) is 6.07 Å². The van der Waals surface area contributed by atoms with E-state index < -0.39 is 0 Å². The Morgan fingerprint density at radius 1 is 1.09 bits per heavy atom. The van der Waals surface area contributed by atoms with E-state index in [2.05, 4.69) is 51.1 Å². The number of rotatable bonds is 4. The van der Waals surface area contributed by atoms with Gasteiger partial charge in [-0.15, -0.1) is 0 Å². The Bertz CT molecular complexity index is 1110. The van der Waals surface area contributed by atoms with Gasteiger partial charge in [0.15, 0.2) is 11.8 Å². The van der Waals surface area contributed by atoms with Crippen LogP contribution in [0.3, 0.4) is 0 Å². The fourth-order valence-electron chi connectivity index (χ4n) is 4.72. The highest BCUT2D eigenvalue weighted by Gasteiger charge is 2.43. The Hall–Kier alpha value is -2.39. The van der Waals surface area contributed by atoms with Crippen molar-refractivity contribution in [3.63, 3.8) is 0 Å². The Kier molecular flexibility index (Phi) is 5.18. The maximum atomic E-state index is 6.59. The molecule has 6 rings (SSSR count). The van der Waals surface area contributed by atoms with E-state index >= 15 is 0 Å². The zero-order valence-corrected chi connectivity index (χ0v) is 18.7. The number of H-pyrrole nitrogens is 1. The Morgan fingerprint density at radius 2 is 1.91 bits per heavy atom. The van der Waals surface area contributed by atoms with Gasteiger partial charge in [0.2, 0.25) is 0 Å². The minimum absolute atomic E-state index is 0.0332. The molecule has 0 bridgehead atoms.